The molecule has 1 N–H and O–H groups in total. The normalized spacial score (nSPS) is 12.9. The summed E-state index contributed by atoms with van der Waals surface area (Å²) in [6.45, 7) is 3.03. The third kappa shape index (κ3) is 3.37. The quantitative estimate of drug-likeness (QED) is 0.590. The van der Waals surface area contributed by atoms with E-state index < -0.39 is 0 Å². The van der Waals surface area contributed by atoms with Crippen LogP contribution in [0.3, 0.4) is 0 Å². The lowest BCUT2D eigenvalue weighted by molar-refractivity contribution is 0.556. The van der Waals surface area contributed by atoms with E-state index in [1.807, 2.05) is 23.5 Å². The number of likely N-dealkylation sites (N-methyl/N-ethyl adjacent to an activating group) is 1. The van der Waals surface area contributed by atoms with Crippen LogP contribution in [0.25, 0.3) is 9.40 Å². The van der Waals surface area contributed by atoms with E-state index in [0.717, 1.165) is 18.5 Å². The molecular weight excluding hydrogens is 369 g/mol. The van der Waals surface area contributed by atoms with Crippen molar-refractivity contribution >= 4 is 48.0 Å². The third-order valence-electron chi connectivity index (χ3n) is 3.38. The first-order valence-corrected chi connectivity index (χ1v) is 9.30. The summed E-state index contributed by atoms with van der Waals surface area (Å²) in [5.74, 6) is -0.213. The van der Waals surface area contributed by atoms with E-state index in [0.29, 0.717) is 4.47 Å². The molecule has 0 aliphatic heterocycles. The Morgan fingerprint density at radius 2 is 2.10 bits per heavy atom. The fourth-order valence-electron chi connectivity index (χ4n) is 2.38. The van der Waals surface area contributed by atoms with Crippen molar-refractivity contribution in [3.8, 4) is 0 Å². The molecule has 0 radical (unpaired) electrons. The maximum Gasteiger partial charge on any atom is 0.137 e. The van der Waals surface area contributed by atoms with Crippen molar-refractivity contribution in [2.45, 2.75) is 19.4 Å². The van der Waals surface area contributed by atoms with Crippen LogP contribution in [0.5, 0.6) is 0 Å². The largest absolute Gasteiger partial charge is 0.309 e. The molecule has 1 aromatic carbocycles. The Bertz CT molecular complexity index is 721. The monoisotopic (exact) mass is 383 g/mol. The van der Waals surface area contributed by atoms with Gasteiger partial charge >= 0.3 is 0 Å². The standard InChI is InChI=1S/C16H15BrFNS2/c1-2-19-13(8-10-3-4-12(18)11(17)7-10)15-9-16-14(21-15)5-6-20-16/h3-7,9,13,19H,2,8H2,1H3. The van der Waals surface area contributed by atoms with Gasteiger partial charge in [-0.15, -0.1) is 22.7 Å². The second-order valence-corrected chi connectivity index (χ2v) is 7.78. The molecule has 0 fully saturated rings. The summed E-state index contributed by atoms with van der Waals surface area (Å²) in [4.78, 5) is 1.35. The minimum Gasteiger partial charge on any atom is -0.309 e. The summed E-state index contributed by atoms with van der Waals surface area (Å²) in [6.07, 6.45) is 0.862. The fourth-order valence-corrected chi connectivity index (χ4v) is 5.00. The van der Waals surface area contributed by atoms with Gasteiger partial charge in [-0.1, -0.05) is 13.0 Å². The number of benzene rings is 1. The van der Waals surface area contributed by atoms with Crippen LogP contribution >= 0.6 is 38.6 Å². The Balaban J connectivity index is 1.86. The molecular formula is C16H15BrFNS2. The van der Waals surface area contributed by atoms with E-state index in [4.69, 9.17) is 0 Å². The number of rotatable bonds is 5. The highest BCUT2D eigenvalue weighted by Crippen LogP contribution is 2.34. The number of hydrogen-bond donors (Lipinski definition) is 1. The maximum atomic E-state index is 13.3. The minimum absolute atomic E-state index is 0.213. The second-order valence-electron chi connectivity index (χ2n) is 4.86. The van der Waals surface area contributed by atoms with Gasteiger partial charge < -0.3 is 5.32 Å². The molecule has 0 bridgehead atoms. The molecule has 21 heavy (non-hydrogen) atoms. The maximum absolute atomic E-state index is 13.3. The highest BCUT2D eigenvalue weighted by Gasteiger charge is 2.15. The molecule has 0 aliphatic carbocycles. The Morgan fingerprint density at radius 3 is 2.81 bits per heavy atom. The molecule has 2 heterocycles. The van der Waals surface area contributed by atoms with Crippen molar-refractivity contribution < 1.29 is 4.39 Å². The summed E-state index contributed by atoms with van der Waals surface area (Å²) in [5, 5.41) is 5.67. The zero-order chi connectivity index (χ0) is 14.8. The minimum atomic E-state index is -0.213. The molecule has 0 saturated carbocycles. The first-order chi connectivity index (χ1) is 10.2. The molecule has 0 spiro atoms. The van der Waals surface area contributed by atoms with Gasteiger partial charge in [0.2, 0.25) is 0 Å². The summed E-state index contributed by atoms with van der Waals surface area (Å²) < 4.78 is 16.6. The predicted molar refractivity (Wildman–Crippen MR) is 93.9 cm³/mol. The van der Waals surface area contributed by atoms with Crippen LogP contribution < -0.4 is 5.32 Å². The number of fused-ring (bicyclic) bond motifs is 1. The lowest BCUT2D eigenvalue weighted by Crippen LogP contribution is -2.22. The molecule has 0 saturated heterocycles. The Morgan fingerprint density at radius 1 is 1.24 bits per heavy atom. The summed E-state index contributed by atoms with van der Waals surface area (Å²) in [5.41, 5.74) is 1.13. The van der Waals surface area contributed by atoms with Gasteiger partial charge in [0.15, 0.2) is 0 Å². The number of halogens is 2. The number of hydrogen-bond acceptors (Lipinski definition) is 3. The fraction of sp³-hybridized carbons (Fsp3) is 0.250. The van der Waals surface area contributed by atoms with Crippen LogP contribution in [-0.4, -0.2) is 6.54 Å². The van der Waals surface area contributed by atoms with Crippen molar-refractivity contribution in [3.05, 3.63) is 56.4 Å². The van der Waals surface area contributed by atoms with Crippen molar-refractivity contribution in [3.63, 3.8) is 0 Å². The van der Waals surface area contributed by atoms with E-state index >= 15 is 0 Å². The molecule has 1 atom stereocenters. The summed E-state index contributed by atoms with van der Waals surface area (Å²) >= 11 is 6.88. The van der Waals surface area contributed by atoms with Gasteiger partial charge in [-0.2, -0.15) is 0 Å². The van der Waals surface area contributed by atoms with Crippen LogP contribution in [-0.2, 0) is 6.42 Å². The van der Waals surface area contributed by atoms with Gasteiger partial charge in [-0.25, -0.2) is 4.39 Å². The molecule has 3 rings (SSSR count). The van der Waals surface area contributed by atoms with Gasteiger partial charge in [0.05, 0.1) is 4.47 Å². The Hall–Kier alpha value is -0.750. The highest BCUT2D eigenvalue weighted by molar-refractivity contribution is 9.10. The molecule has 2 aromatic heterocycles. The molecule has 3 aromatic rings. The van der Waals surface area contributed by atoms with Gasteiger partial charge in [-0.3, -0.25) is 0 Å². The van der Waals surface area contributed by atoms with Crippen molar-refractivity contribution in [1.29, 1.82) is 0 Å². The molecule has 0 amide bonds. The van der Waals surface area contributed by atoms with E-state index in [9.17, 15) is 4.39 Å². The van der Waals surface area contributed by atoms with Gasteiger partial charge in [0, 0.05) is 20.3 Å². The van der Waals surface area contributed by atoms with Crippen molar-refractivity contribution in [2.24, 2.45) is 0 Å². The summed E-state index contributed by atoms with van der Waals surface area (Å²) in [7, 11) is 0. The number of nitrogens with one attached hydrogen (secondary N) is 1. The van der Waals surface area contributed by atoms with E-state index in [2.05, 4.69) is 45.7 Å². The zero-order valence-electron chi connectivity index (χ0n) is 11.5. The van der Waals surface area contributed by atoms with E-state index in [1.165, 1.54) is 20.3 Å². The third-order valence-corrected chi connectivity index (χ3v) is 6.19. The topological polar surface area (TPSA) is 12.0 Å². The van der Waals surface area contributed by atoms with Crippen LogP contribution in [0.15, 0.2) is 40.2 Å². The summed E-state index contributed by atoms with van der Waals surface area (Å²) in [6, 6.07) is 9.98. The Kier molecular flexibility index (Phi) is 4.74. The van der Waals surface area contributed by atoms with Gasteiger partial charge in [-0.05, 0) is 64.1 Å². The molecule has 5 heteroatoms. The Labute approximate surface area is 139 Å². The van der Waals surface area contributed by atoms with Crippen LogP contribution in [0.2, 0.25) is 0 Å². The first-order valence-electron chi connectivity index (χ1n) is 6.81. The number of thiophene rings is 2. The molecule has 1 nitrogen and oxygen atoms in total. The first kappa shape index (κ1) is 15.2. The zero-order valence-corrected chi connectivity index (χ0v) is 14.7. The SMILES string of the molecule is CCNC(Cc1ccc(F)c(Br)c1)c1cc2sccc2s1. The lowest BCUT2D eigenvalue weighted by atomic mass is 10.0. The van der Waals surface area contributed by atoms with Gasteiger partial charge in [0.25, 0.3) is 0 Å². The average molecular weight is 384 g/mol. The lowest BCUT2D eigenvalue weighted by Gasteiger charge is -2.16. The van der Waals surface area contributed by atoms with E-state index in [1.54, 1.807) is 11.3 Å². The highest BCUT2D eigenvalue weighted by atomic mass is 79.9. The van der Waals surface area contributed by atoms with Gasteiger partial charge in [0.1, 0.15) is 5.82 Å². The predicted octanol–water partition coefficient (Wildman–Crippen LogP) is 5.76. The average Bonchev–Trinajstić information content (AvgIpc) is 3.03. The second kappa shape index (κ2) is 6.57. The molecule has 0 aliphatic rings. The van der Waals surface area contributed by atoms with E-state index in [-0.39, 0.29) is 11.9 Å². The smallest absolute Gasteiger partial charge is 0.137 e. The molecule has 110 valence electrons. The van der Waals surface area contributed by atoms with Crippen LogP contribution in [0.1, 0.15) is 23.4 Å². The van der Waals surface area contributed by atoms with Crippen molar-refractivity contribution in [1.82, 2.24) is 5.32 Å². The molecule has 1 unspecified atom stereocenters. The van der Waals surface area contributed by atoms with Crippen LogP contribution in [0.4, 0.5) is 4.39 Å². The van der Waals surface area contributed by atoms with Crippen LogP contribution in [0, 0.1) is 5.82 Å². The van der Waals surface area contributed by atoms with Crippen molar-refractivity contribution in [2.75, 3.05) is 6.54 Å².